The molecule has 2 aromatic heterocycles. The molecule has 0 radical (unpaired) electrons. The van der Waals surface area contributed by atoms with Gasteiger partial charge in [-0.3, -0.25) is 4.68 Å². The summed E-state index contributed by atoms with van der Waals surface area (Å²) in [6, 6.07) is 2.13. The summed E-state index contributed by atoms with van der Waals surface area (Å²) in [5.74, 6) is 0.282. The lowest BCUT2D eigenvalue weighted by molar-refractivity contribution is 0.0688. The first-order chi connectivity index (χ1) is 11.4. The summed E-state index contributed by atoms with van der Waals surface area (Å²) in [5.41, 5.74) is 3.03. The van der Waals surface area contributed by atoms with Gasteiger partial charge in [0.15, 0.2) is 5.69 Å². The maximum atomic E-state index is 11.5. The molecule has 1 atom stereocenters. The topological polar surface area (TPSA) is 93.2 Å². The quantitative estimate of drug-likeness (QED) is 0.842. The molecule has 0 aliphatic heterocycles. The van der Waals surface area contributed by atoms with E-state index in [1.807, 2.05) is 17.7 Å². The van der Waals surface area contributed by atoms with Gasteiger partial charge in [-0.25, -0.2) is 4.79 Å². The minimum Gasteiger partial charge on any atom is -0.476 e. The standard InChI is InChI=1S/C17H24N4O3/c1-10(2)9-21-15-5-4-12(7-14(15)16(19-21)17(22)23)18-8-13-6-11(3)24-20-13/h6,10,12,18H,4-5,7-9H2,1-3H3,(H,22,23)/t12-/m1/s1. The number of carbonyl (C=O) groups is 1. The molecule has 130 valence electrons. The van der Waals surface area contributed by atoms with Crippen LogP contribution in [0.2, 0.25) is 0 Å². The third-order valence-corrected chi connectivity index (χ3v) is 4.34. The van der Waals surface area contributed by atoms with E-state index < -0.39 is 5.97 Å². The second-order valence-corrected chi connectivity index (χ2v) is 6.90. The van der Waals surface area contributed by atoms with Crippen LogP contribution in [0.3, 0.4) is 0 Å². The van der Waals surface area contributed by atoms with Crippen LogP contribution < -0.4 is 5.32 Å². The number of aromatic carboxylic acids is 1. The van der Waals surface area contributed by atoms with Crippen molar-refractivity contribution >= 4 is 5.97 Å². The zero-order valence-corrected chi connectivity index (χ0v) is 14.4. The highest BCUT2D eigenvalue weighted by atomic mass is 16.5. The highest BCUT2D eigenvalue weighted by Gasteiger charge is 2.29. The number of aromatic nitrogens is 3. The molecule has 3 rings (SSSR count). The maximum Gasteiger partial charge on any atom is 0.356 e. The Kier molecular flexibility index (Phi) is 4.71. The summed E-state index contributed by atoms with van der Waals surface area (Å²) >= 11 is 0. The van der Waals surface area contributed by atoms with E-state index >= 15 is 0 Å². The van der Waals surface area contributed by atoms with Crippen molar-refractivity contribution in [2.45, 2.75) is 59.2 Å². The minimum absolute atomic E-state index is 0.203. The van der Waals surface area contributed by atoms with Gasteiger partial charge in [0.05, 0.1) is 5.69 Å². The summed E-state index contributed by atoms with van der Waals surface area (Å²) < 4.78 is 6.96. The molecule has 0 bridgehead atoms. The average Bonchev–Trinajstić information content (AvgIpc) is 3.08. The fourth-order valence-electron chi connectivity index (χ4n) is 3.28. The second-order valence-electron chi connectivity index (χ2n) is 6.90. The number of carboxylic acid groups (broad SMARTS) is 1. The van der Waals surface area contributed by atoms with Crippen LogP contribution in [0.15, 0.2) is 10.6 Å². The number of hydrogen-bond acceptors (Lipinski definition) is 5. The van der Waals surface area contributed by atoms with Crippen LogP contribution in [0.5, 0.6) is 0 Å². The first-order valence-electron chi connectivity index (χ1n) is 8.41. The van der Waals surface area contributed by atoms with E-state index in [1.54, 1.807) is 0 Å². The summed E-state index contributed by atoms with van der Waals surface area (Å²) in [7, 11) is 0. The predicted molar refractivity (Wildman–Crippen MR) is 87.9 cm³/mol. The molecule has 1 aliphatic carbocycles. The van der Waals surface area contributed by atoms with Crippen LogP contribution in [0.1, 0.15) is 53.5 Å². The number of nitrogens with zero attached hydrogens (tertiary/aromatic N) is 3. The Balaban J connectivity index is 1.74. The molecule has 2 heterocycles. The van der Waals surface area contributed by atoms with Gasteiger partial charge in [0.1, 0.15) is 5.76 Å². The van der Waals surface area contributed by atoms with Crippen molar-refractivity contribution in [2.24, 2.45) is 5.92 Å². The SMILES string of the molecule is Cc1cc(CN[C@@H]2CCc3c(c(C(=O)O)nn3CC(C)C)C2)no1. The lowest BCUT2D eigenvalue weighted by atomic mass is 9.91. The molecule has 0 aromatic carbocycles. The fraction of sp³-hybridized carbons (Fsp3) is 0.588. The predicted octanol–water partition coefficient (Wildman–Crippen LogP) is 2.18. The van der Waals surface area contributed by atoms with Crippen LogP contribution >= 0.6 is 0 Å². The number of aryl methyl sites for hydroxylation is 1. The monoisotopic (exact) mass is 332 g/mol. The summed E-state index contributed by atoms with van der Waals surface area (Å²) in [6.45, 7) is 7.47. The van der Waals surface area contributed by atoms with Crippen molar-refractivity contribution in [3.05, 3.63) is 34.5 Å². The van der Waals surface area contributed by atoms with E-state index in [2.05, 4.69) is 29.4 Å². The van der Waals surface area contributed by atoms with Crippen molar-refractivity contribution in [3.8, 4) is 0 Å². The van der Waals surface area contributed by atoms with Gasteiger partial charge in [-0.1, -0.05) is 19.0 Å². The van der Waals surface area contributed by atoms with E-state index in [9.17, 15) is 9.90 Å². The molecule has 1 aliphatic rings. The Morgan fingerprint density at radius 2 is 2.33 bits per heavy atom. The fourth-order valence-corrected chi connectivity index (χ4v) is 3.28. The zero-order valence-electron chi connectivity index (χ0n) is 14.4. The van der Waals surface area contributed by atoms with Gasteiger partial charge in [-0.2, -0.15) is 5.10 Å². The van der Waals surface area contributed by atoms with Gasteiger partial charge in [-0.05, 0) is 32.1 Å². The highest BCUT2D eigenvalue weighted by Crippen LogP contribution is 2.26. The molecule has 7 heteroatoms. The average molecular weight is 332 g/mol. The minimum atomic E-state index is -0.943. The summed E-state index contributed by atoms with van der Waals surface area (Å²) in [6.07, 6.45) is 2.50. The van der Waals surface area contributed by atoms with E-state index in [0.717, 1.165) is 42.1 Å². The smallest absolute Gasteiger partial charge is 0.356 e. The van der Waals surface area contributed by atoms with Crippen LogP contribution in [0.25, 0.3) is 0 Å². The van der Waals surface area contributed by atoms with Gasteiger partial charge in [-0.15, -0.1) is 0 Å². The first-order valence-corrected chi connectivity index (χ1v) is 8.41. The molecule has 0 saturated heterocycles. The van der Waals surface area contributed by atoms with Crippen molar-refractivity contribution in [1.82, 2.24) is 20.3 Å². The lowest BCUT2D eigenvalue weighted by Crippen LogP contribution is -2.35. The molecule has 0 saturated carbocycles. The Labute approximate surface area is 141 Å². The maximum absolute atomic E-state index is 11.5. The molecule has 0 spiro atoms. The van der Waals surface area contributed by atoms with Gasteiger partial charge < -0.3 is 14.9 Å². The van der Waals surface area contributed by atoms with Gasteiger partial charge in [0.25, 0.3) is 0 Å². The number of carboxylic acids is 1. The molecule has 0 amide bonds. The zero-order chi connectivity index (χ0) is 17.3. The van der Waals surface area contributed by atoms with Gasteiger partial charge >= 0.3 is 5.97 Å². The van der Waals surface area contributed by atoms with E-state index in [0.29, 0.717) is 18.9 Å². The summed E-state index contributed by atoms with van der Waals surface area (Å²) in [5, 5.41) is 21.3. The van der Waals surface area contributed by atoms with Gasteiger partial charge in [0, 0.05) is 36.5 Å². The van der Waals surface area contributed by atoms with Crippen molar-refractivity contribution in [1.29, 1.82) is 0 Å². The second kappa shape index (κ2) is 6.76. The number of rotatable bonds is 6. The van der Waals surface area contributed by atoms with E-state index in [1.165, 1.54) is 0 Å². The third kappa shape index (κ3) is 3.51. The molecule has 2 N–H and O–H groups in total. The van der Waals surface area contributed by atoms with E-state index in [-0.39, 0.29) is 11.7 Å². The Bertz CT molecular complexity index is 732. The van der Waals surface area contributed by atoms with Crippen LogP contribution in [-0.2, 0) is 25.9 Å². The molecule has 0 unspecified atom stereocenters. The van der Waals surface area contributed by atoms with Crippen molar-refractivity contribution < 1.29 is 14.4 Å². The molecule has 7 nitrogen and oxygen atoms in total. The van der Waals surface area contributed by atoms with Crippen LogP contribution in [0, 0.1) is 12.8 Å². The Morgan fingerprint density at radius 3 is 2.96 bits per heavy atom. The van der Waals surface area contributed by atoms with Crippen molar-refractivity contribution in [2.75, 3.05) is 0 Å². The largest absolute Gasteiger partial charge is 0.476 e. The normalized spacial score (nSPS) is 17.2. The highest BCUT2D eigenvalue weighted by molar-refractivity contribution is 5.87. The Hall–Kier alpha value is -2.15. The molecule has 2 aromatic rings. The van der Waals surface area contributed by atoms with Crippen LogP contribution in [-0.4, -0.2) is 32.1 Å². The van der Waals surface area contributed by atoms with Crippen molar-refractivity contribution in [3.63, 3.8) is 0 Å². The lowest BCUT2D eigenvalue weighted by Gasteiger charge is -2.24. The van der Waals surface area contributed by atoms with Gasteiger partial charge in [0.2, 0.25) is 0 Å². The first kappa shape index (κ1) is 16.7. The molecular formula is C17H24N4O3. The van der Waals surface area contributed by atoms with Crippen LogP contribution in [0.4, 0.5) is 0 Å². The number of hydrogen-bond donors (Lipinski definition) is 2. The number of fused-ring (bicyclic) bond motifs is 1. The third-order valence-electron chi connectivity index (χ3n) is 4.34. The molecule has 0 fully saturated rings. The summed E-state index contributed by atoms with van der Waals surface area (Å²) in [4.78, 5) is 11.5. The van der Waals surface area contributed by atoms with E-state index in [4.69, 9.17) is 4.52 Å². The Morgan fingerprint density at radius 1 is 1.54 bits per heavy atom. The molecule has 24 heavy (non-hydrogen) atoms. The molecular weight excluding hydrogens is 308 g/mol. The number of nitrogens with one attached hydrogen (secondary N) is 1.